The smallest absolute Gasteiger partial charge is 0.254 e. The Hall–Kier alpha value is -1.89. The highest BCUT2D eigenvalue weighted by Crippen LogP contribution is 2.13. The summed E-state index contributed by atoms with van der Waals surface area (Å²) in [6, 6.07) is 5.82. The molecule has 0 saturated carbocycles. The largest absolute Gasteiger partial charge is 0.342 e. The third kappa shape index (κ3) is 4.56. The molecule has 1 aromatic carbocycles. The summed E-state index contributed by atoms with van der Waals surface area (Å²) in [5, 5.41) is 0. The molecule has 0 fully saturated rings. The Morgan fingerprint density at radius 2 is 1.73 bits per heavy atom. The van der Waals surface area contributed by atoms with Crippen molar-refractivity contribution >= 4 is 21.7 Å². The van der Waals surface area contributed by atoms with Crippen LogP contribution < -0.4 is 0 Å². The van der Waals surface area contributed by atoms with Gasteiger partial charge in [0, 0.05) is 32.0 Å². The van der Waals surface area contributed by atoms with E-state index in [0.29, 0.717) is 13.1 Å². The number of nitrogens with zero attached hydrogens (tertiary/aromatic N) is 2. The summed E-state index contributed by atoms with van der Waals surface area (Å²) in [7, 11) is -1.85. The molecule has 0 radical (unpaired) electrons. The first-order valence-electron chi connectivity index (χ1n) is 7.04. The average molecular weight is 326 g/mol. The number of hydrogen-bond donors (Lipinski definition) is 0. The summed E-state index contributed by atoms with van der Waals surface area (Å²) in [6.45, 7) is 4.88. The molecule has 0 aliphatic heterocycles. The number of carbonyl (C=O) groups is 2. The zero-order valence-electron chi connectivity index (χ0n) is 13.4. The van der Waals surface area contributed by atoms with Gasteiger partial charge in [-0.2, -0.15) is 0 Å². The van der Waals surface area contributed by atoms with Crippen molar-refractivity contribution in [3.63, 3.8) is 0 Å². The van der Waals surface area contributed by atoms with Crippen molar-refractivity contribution in [1.82, 2.24) is 9.80 Å². The van der Waals surface area contributed by atoms with E-state index in [1.807, 2.05) is 13.8 Å². The maximum Gasteiger partial charge on any atom is 0.254 e. The van der Waals surface area contributed by atoms with Gasteiger partial charge >= 0.3 is 0 Å². The number of hydrogen-bond acceptors (Lipinski definition) is 4. The van der Waals surface area contributed by atoms with E-state index in [9.17, 15) is 18.0 Å². The molecule has 1 aromatic rings. The number of carbonyl (C=O) groups excluding carboxylic acids is 2. The fraction of sp³-hybridized carbons (Fsp3) is 0.467. The minimum absolute atomic E-state index is 0.0381. The van der Waals surface area contributed by atoms with E-state index in [1.165, 1.54) is 36.2 Å². The lowest BCUT2D eigenvalue weighted by atomic mass is 10.2. The zero-order chi connectivity index (χ0) is 16.9. The molecule has 0 aliphatic carbocycles. The van der Waals surface area contributed by atoms with Crippen LogP contribution >= 0.6 is 0 Å². The molecule has 0 bridgehead atoms. The van der Waals surface area contributed by atoms with Crippen molar-refractivity contribution in [3.05, 3.63) is 29.8 Å². The number of benzene rings is 1. The fourth-order valence-electron chi connectivity index (χ4n) is 2.03. The van der Waals surface area contributed by atoms with Crippen LogP contribution in [0.3, 0.4) is 0 Å². The first kappa shape index (κ1) is 18.2. The quantitative estimate of drug-likeness (QED) is 0.782. The number of sulfone groups is 1. The summed E-state index contributed by atoms with van der Waals surface area (Å²) in [5.74, 6) is -0.522. The maximum absolute atomic E-state index is 12.3. The van der Waals surface area contributed by atoms with Crippen molar-refractivity contribution in [2.75, 3.05) is 32.9 Å². The van der Waals surface area contributed by atoms with Crippen LogP contribution in [0.15, 0.2) is 29.2 Å². The van der Waals surface area contributed by atoms with Gasteiger partial charge in [-0.15, -0.1) is 0 Å². The summed E-state index contributed by atoms with van der Waals surface area (Å²) in [4.78, 5) is 27.3. The summed E-state index contributed by atoms with van der Waals surface area (Å²) in [6.07, 6.45) is 1.09. The van der Waals surface area contributed by atoms with Crippen LogP contribution in [0.4, 0.5) is 0 Å². The summed E-state index contributed by atoms with van der Waals surface area (Å²) in [5.41, 5.74) is 0.248. The standard InChI is InChI=1S/C15H22N2O4S/c1-5-17(6-2)14(18)11-16(3)15(19)12-8-7-9-13(10-12)22(4,20)21/h7-10H,5-6,11H2,1-4H3. The molecule has 0 aliphatic rings. The highest BCUT2D eigenvalue weighted by Gasteiger charge is 2.19. The molecule has 22 heavy (non-hydrogen) atoms. The predicted octanol–water partition coefficient (Wildman–Crippen LogP) is 1.03. The van der Waals surface area contributed by atoms with Gasteiger partial charge in [0.15, 0.2) is 9.84 Å². The Morgan fingerprint density at radius 3 is 2.23 bits per heavy atom. The van der Waals surface area contributed by atoms with Crippen molar-refractivity contribution < 1.29 is 18.0 Å². The predicted molar refractivity (Wildman–Crippen MR) is 84.4 cm³/mol. The van der Waals surface area contributed by atoms with Gasteiger partial charge in [0.1, 0.15) is 0 Å². The molecule has 0 unspecified atom stereocenters. The molecule has 0 heterocycles. The SMILES string of the molecule is CCN(CC)C(=O)CN(C)C(=O)c1cccc(S(C)(=O)=O)c1. The first-order chi connectivity index (χ1) is 10.2. The first-order valence-corrected chi connectivity index (χ1v) is 8.93. The Bertz CT molecular complexity index is 651. The average Bonchev–Trinajstić information content (AvgIpc) is 2.46. The Morgan fingerprint density at radius 1 is 1.14 bits per heavy atom. The van der Waals surface area contributed by atoms with Crippen LogP contribution in [0.25, 0.3) is 0 Å². The molecular formula is C15H22N2O4S. The van der Waals surface area contributed by atoms with Gasteiger partial charge in [0.2, 0.25) is 5.91 Å². The summed E-state index contributed by atoms with van der Waals surface area (Å²) >= 11 is 0. The van der Waals surface area contributed by atoms with Crippen LogP contribution in [0.2, 0.25) is 0 Å². The van der Waals surface area contributed by atoms with Crippen molar-refractivity contribution in [1.29, 1.82) is 0 Å². The number of likely N-dealkylation sites (N-methyl/N-ethyl adjacent to an activating group) is 2. The molecule has 0 aromatic heterocycles. The zero-order valence-corrected chi connectivity index (χ0v) is 14.2. The van der Waals surface area contributed by atoms with Crippen molar-refractivity contribution in [3.8, 4) is 0 Å². The fourth-order valence-corrected chi connectivity index (χ4v) is 2.70. The monoisotopic (exact) mass is 326 g/mol. The van der Waals surface area contributed by atoms with Crippen LogP contribution in [0.5, 0.6) is 0 Å². The molecule has 0 spiro atoms. The third-order valence-electron chi connectivity index (χ3n) is 3.34. The van der Waals surface area contributed by atoms with Gasteiger partial charge < -0.3 is 9.80 Å². The van der Waals surface area contributed by atoms with Gasteiger partial charge in [-0.1, -0.05) is 6.07 Å². The van der Waals surface area contributed by atoms with E-state index in [1.54, 1.807) is 4.90 Å². The molecular weight excluding hydrogens is 304 g/mol. The van der Waals surface area contributed by atoms with Crippen LogP contribution in [0, 0.1) is 0 Å². The summed E-state index contributed by atoms with van der Waals surface area (Å²) < 4.78 is 23.1. The Kier molecular flexibility index (Phi) is 6.11. The van der Waals surface area contributed by atoms with E-state index in [0.717, 1.165) is 6.26 Å². The lowest BCUT2D eigenvalue weighted by molar-refractivity contribution is -0.131. The van der Waals surface area contributed by atoms with Gasteiger partial charge in [0.25, 0.3) is 5.91 Å². The second-order valence-electron chi connectivity index (χ2n) is 5.03. The van der Waals surface area contributed by atoms with Crippen molar-refractivity contribution in [2.45, 2.75) is 18.7 Å². The number of rotatable bonds is 6. The van der Waals surface area contributed by atoms with E-state index in [-0.39, 0.29) is 28.8 Å². The minimum atomic E-state index is -3.37. The van der Waals surface area contributed by atoms with Gasteiger partial charge in [-0.25, -0.2) is 8.42 Å². The van der Waals surface area contributed by atoms with E-state index in [2.05, 4.69) is 0 Å². The van der Waals surface area contributed by atoms with Gasteiger partial charge in [-0.3, -0.25) is 9.59 Å². The second-order valence-corrected chi connectivity index (χ2v) is 7.04. The Labute approximate surface area is 131 Å². The molecule has 6 nitrogen and oxygen atoms in total. The normalized spacial score (nSPS) is 11.1. The number of amides is 2. The van der Waals surface area contributed by atoms with E-state index in [4.69, 9.17) is 0 Å². The minimum Gasteiger partial charge on any atom is -0.342 e. The van der Waals surface area contributed by atoms with Crippen LogP contribution in [0.1, 0.15) is 24.2 Å². The lowest BCUT2D eigenvalue weighted by Crippen LogP contribution is -2.41. The van der Waals surface area contributed by atoms with Crippen LogP contribution in [-0.4, -0.2) is 63.0 Å². The van der Waals surface area contributed by atoms with E-state index >= 15 is 0 Å². The molecule has 0 N–H and O–H groups in total. The lowest BCUT2D eigenvalue weighted by Gasteiger charge is -2.23. The van der Waals surface area contributed by atoms with Crippen LogP contribution in [-0.2, 0) is 14.6 Å². The van der Waals surface area contributed by atoms with Crippen molar-refractivity contribution in [2.24, 2.45) is 0 Å². The molecule has 122 valence electrons. The third-order valence-corrected chi connectivity index (χ3v) is 4.45. The Balaban J connectivity index is 2.90. The molecule has 0 atom stereocenters. The molecule has 2 amide bonds. The second kappa shape index (κ2) is 7.40. The maximum atomic E-state index is 12.3. The molecule has 0 saturated heterocycles. The highest BCUT2D eigenvalue weighted by atomic mass is 32.2. The topological polar surface area (TPSA) is 74.8 Å². The van der Waals surface area contributed by atoms with Gasteiger partial charge in [0.05, 0.1) is 11.4 Å². The molecule has 7 heteroatoms. The molecule has 1 rings (SSSR count). The van der Waals surface area contributed by atoms with E-state index < -0.39 is 9.84 Å². The highest BCUT2D eigenvalue weighted by molar-refractivity contribution is 7.90. The van der Waals surface area contributed by atoms with Gasteiger partial charge in [-0.05, 0) is 32.0 Å².